The van der Waals surface area contributed by atoms with Gasteiger partial charge in [0, 0.05) is 23.6 Å². The molecule has 0 amide bonds. The molecule has 4 rings (SSSR count). The molecule has 1 heterocycles. The lowest BCUT2D eigenvalue weighted by Crippen LogP contribution is -2.46. The minimum Gasteiger partial charge on any atom is -0.488 e. The van der Waals surface area contributed by atoms with Gasteiger partial charge in [-0.3, -0.25) is 4.79 Å². The van der Waals surface area contributed by atoms with Crippen molar-refractivity contribution in [3.05, 3.63) is 62.6 Å². The second-order valence-corrected chi connectivity index (χ2v) is 10.8. The molecule has 2 aromatic carbocycles. The molecule has 34 heavy (non-hydrogen) atoms. The van der Waals surface area contributed by atoms with E-state index in [1.807, 2.05) is 38.1 Å². The fourth-order valence-electron chi connectivity index (χ4n) is 4.80. The summed E-state index contributed by atoms with van der Waals surface area (Å²) < 4.78 is 11.9. The first-order chi connectivity index (χ1) is 16.0. The first-order valence-corrected chi connectivity index (χ1v) is 12.3. The number of benzene rings is 2. The first-order valence-electron chi connectivity index (χ1n) is 11.5. The minimum atomic E-state index is -0.827. The van der Waals surface area contributed by atoms with Gasteiger partial charge in [0.2, 0.25) is 0 Å². The summed E-state index contributed by atoms with van der Waals surface area (Å²) in [6, 6.07) is 9.54. The lowest BCUT2D eigenvalue weighted by Gasteiger charge is -2.28. The number of hydrogen-bond acceptors (Lipinski definition) is 5. The molecule has 0 aromatic heterocycles. The van der Waals surface area contributed by atoms with Crippen molar-refractivity contribution in [2.75, 3.05) is 13.2 Å². The quantitative estimate of drug-likeness (QED) is 0.423. The molecule has 0 radical (unpaired) electrons. The monoisotopic (exact) mass is 507 g/mol. The number of nitrogens with one attached hydrogen (secondary N) is 1. The Hall–Kier alpha value is -1.83. The van der Waals surface area contributed by atoms with Crippen molar-refractivity contribution in [3.8, 4) is 5.75 Å². The van der Waals surface area contributed by atoms with Gasteiger partial charge in [-0.1, -0.05) is 41.4 Å². The van der Waals surface area contributed by atoms with Gasteiger partial charge in [-0.15, -0.1) is 0 Å². The molecule has 8 heteroatoms. The number of hydrogen-bond donors (Lipinski definition) is 3. The van der Waals surface area contributed by atoms with E-state index in [1.165, 1.54) is 0 Å². The van der Waals surface area contributed by atoms with Crippen LogP contribution in [-0.2, 0) is 16.0 Å². The Kier molecular flexibility index (Phi) is 7.19. The summed E-state index contributed by atoms with van der Waals surface area (Å²) in [7, 11) is 0. The molecule has 0 spiro atoms. The predicted molar refractivity (Wildman–Crippen MR) is 132 cm³/mol. The number of aliphatic hydroxyl groups is 1. The van der Waals surface area contributed by atoms with Gasteiger partial charge >= 0.3 is 5.97 Å². The van der Waals surface area contributed by atoms with Gasteiger partial charge < -0.3 is 25.0 Å². The lowest BCUT2D eigenvalue weighted by atomic mass is 9.94. The van der Waals surface area contributed by atoms with E-state index in [1.54, 1.807) is 6.07 Å². The van der Waals surface area contributed by atoms with E-state index < -0.39 is 18.0 Å². The summed E-state index contributed by atoms with van der Waals surface area (Å²) >= 11 is 12.1. The zero-order chi connectivity index (χ0) is 24.8. The van der Waals surface area contributed by atoms with Crippen molar-refractivity contribution < 1.29 is 24.5 Å². The Morgan fingerprint density at radius 3 is 2.65 bits per heavy atom. The molecular formula is C26H31Cl2NO5. The number of aryl methyl sites for hydroxylation is 1. The topological polar surface area (TPSA) is 88.0 Å². The van der Waals surface area contributed by atoms with Crippen molar-refractivity contribution in [3.63, 3.8) is 0 Å². The third kappa shape index (κ3) is 5.21. The van der Waals surface area contributed by atoms with Crippen LogP contribution in [0.5, 0.6) is 5.75 Å². The van der Waals surface area contributed by atoms with E-state index in [-0.39, 0.29) is 30.3 Å². The van der Waals surface area contributed by atoms with Gasteiger partial charge in [0.1, 0.15) is 17.8 Å². The number of rotatable bonds is 10. The van der Waals surface area contributed by atoms with Crippen LogP contribution >= 0.6 is 23.2 Å². The Morgan fingerprint density at radius 2 is 1.97 bits per heavy atom. The second-order valence-electron chi connectivity index (χ2n) is 10.0. The van der Waals surface area contributed by atoms with Crippen molar-refractivity contribution in [1.82, 2.24) is 5.32 Å². The molecule has 0 unspecified atom stereocenters. The van der Waals surface area contributed by atoms with Gasteiger partial charge in [0.25, 0.3) is 0 Å². The maximum atomic E-state index is 11.5. The molecule has 3 N–H and O–H groups in total. The van der Waals surface area contributed by atoms with Gasteiger partial charge in [-0.25, -0.2) is 0 Å². The fraction of sp³-hybridized carbons (Fsp3) is 0.500. The highest BCUT2D eigenvalue weighted by Gasteiger charge is 2.64. The van der Waals surface area contributed by atoms with Crippen LogP contribution in [0.25, 0.3) is 0 Å². The van der Waals surface area contributed by atoms with Crippen LogP contribution in [0.2, 0.25) is 10.0 Å². The molecule has 6 nitrogen and oxygen atoms in total. The Morgan fingerprint density at radius 1 is 1.24 bits per heavy atom. The maximum absolute atomic E-state index is 11.5. The SMILES string of the molecule is Cc1ccc([C@@H](C)OC[C@H](O)CNC(C)(C)Cc2ccc(Cl)c(Cl)c2)c2c1O[C@H]1[C@H](C(=O)O)[C@@H]21. The van der Waals surface area contributed by atoms with Crippen LogP contribution in [0, 0.1) is 12.8 Å². The van der Waals surface area contributed by atoms with Gasteiger partial charge in [-0.2, -0.15) is 0 Å². The fourth-order valence-corrected chi connectivity index (χ4v) is 5.12. The number of carboxylic acid groups (broad SMARTS) is 1. The highest BCUT2D eigenvalue weighted by Crippen LogP contribution is 2.61. The summed E-state index contributed by atoms with van der Waals surface area (Å²) in [5.41, 5.74) is 3.65. The molecule has 1 fully saturated rings. The van der Waals surface area contributed by atoms with E-state index in [4.69, 9.17) is 32.7 Å². The number of carbonyl (C=O) groups is 1. The van der Waals surface area contributed by atoms with Crippen LogP contribution in [0.15, 0.2) is 30.3 Å². The second kappa shape index (κ2) is 9.67. The van der Waals surface area contributed by atoms with Crippen molar-refractivity contribution in [2.24, 2.45) is 5.92 Å². The van der Waals surface area contributed by atoms with Crippen LogP contribution in [0.4, 0.5) is 0 Å². The summed E-state index contributed by atoms with van der Waals surface area (Å²) in [6.07, 6.45) is -0.570. The number of ether oxygens (including phenoxy) is 2. The van der Waals surface area contributed by atoms with Gasteiger partial charge in [0.05, 0.1) is 28.9 Å². The van der Waals surface area contributed by atoms with Crippen molar-refractivity contribution >= 4 is 29.2 Å². The molecule has 0 saturated heterocycles. The Labute approximate surface area is 210 Å². The molecule has 0 bridgehead atoms. The van der Waals surface area contributed by atoms with E-state index in [0.717, 1.165) is 34.4 Å². The average molecular weight is 508 g/mol. The zero-order valence-electron chi connectivity index (χ0n) is 19.8. The average Bonchev–Trinajstić information content (AvgIpc) is 3.35. The summed E-state index contributed by atoms with van der Waals surface area (Å²) in [5.74, 6) is -0.659. The third-order valence-electron chi connectivity index (χ3n) is 6.68. The zero-order valence-corrected chi connectivity index (χ0v) is 21.3. The standard InChI is InChI=1S/C26H31Cl2NO5/c1-13-5-7-17(20-21-22(25(31)32)24(21)34-23(13)20)14(2)33-12-16(30)11-29-26(3,4)10-15-6-8-18(27)19(28)9-15/h5-9,14,16,21-22,24,29-30H,10-12H2,1-4H3,(H,31,32)/t14-,16-,21-,22-,24-/m1/s1. The van der Waals surface area contributed by atoms with Crippen LogP contribution < -0.4 is 10.1 Å². The number of fused-ring (bicyclic) bond motifs is 3. The van der Waals surface area contributed by atoms with Crippen LogP contribution in [0.3, 0.4) is 0 Å². The van der Waals surface area contributed by atoms with Gasteiger partial charge in [-0.05, 0) is 62.9 Å². The summed E-state index contributed by atoms with van der Waals surface area (Å²) in [5, 5.41) is 24.4. The molecule has 5 atom stereocenters. The molecular weight excluding hydrogens is 477 g/mol. The van der Waals surface area contributed by atoms with Crippen molar-refractivity contribution in [1.29, 1.82) is 0 Å². The normalized spacial score (nSPS) is 22.5. The van der Waals surface area contributed by atoms with E-state index in [9.17, 15) is 15.0 Å². The summed E-state index contributed by atoms with van der Waals surface area (Å²) in [6.45, 7) is 8.52. The number of β-amino-alcohol motifs (C(OH)–C–C–N with tert-alkyl or cyclic N) is 1. The van der Waals surface area contributed by atoms with E-state index in [0.29, 0.717) is 16.6 Å². The molecule has 2 aromatic rings. The van der Waals surface area contributed by atoms with Gasteiger partial charge in [0.15, 0.2) is 0 Å². The molecule has 1 aliphatic carbocycles. The first kappa shape index (κ1) is 25.3. The highest BCUT2D eigenvalue weighted by atomic mass is 35.5. The van der Waals surface area contributed by atoms with E-state index >= 15 is 0 Å². The molecule has 2 aliphatic rings. The number of carboxylic acids is 1. The Balaban J connectivity index is 1.32. The minimum absolute atomic E-state index is 0.123. The van der Waals surface area contributed by atoms with Crippen molar-refractivity contribution in [2.45, 2.75) is 63.9 Å². The third-order valence-corrected chi connectivity index (χ3v) is 7.41. The number of halogens is 2. The molecule has 1 saturated carbocycles. The smallest absolute Gasteiger partial charge is 0.311 e. The summed E-state index contributed by atoms with van der Waals surface area (Å²) in [4.78, 5) is 11.5. The largest absolute Gasteiger partial charge is 0.488 e. The Bertz CT molecular complexity index is 1090. The van der Waals surface area contributed by atoms with Crippen LogP contribution in [-0.4, -0.2) is 47.1 Å². The number of aliphatic hydroxyl groups excluding tert-OH is 1. The molecule has 1 aliphatic heterocycles. The van der Waals surface area contributed by atoms with Crippen LogP contribution in [0.1, 0.15) is 55.0 Å². The predicted octanol–water partition coefficient (Wildman–Crippen LogP) is 4.91. The molecule has 184 valence electrons. The lowest BCUT2D eigenvalue weighted by molar-refractivity contribution is -0.139. The maximum Gasteiger partial charge on any atom is 0.311 e. The highest BCUT2D eigenvalue weighted by molar-refractivity contribution is 6.42. The number of aliphatic carboxylic acids is 1. The van der Waals surface area contributed by atoms with E-state index in [2.05, 4.69) is 19.2 Å².